The summed E-state index contributed by atoms with van der Waals surface area (Å²) < 4.78 is 11.0. The molecular formula is C16H34N2O2. The summed E-state index contributed by atoms with van der Waals surface area (Å²) in [6.45, 7) is 3.96. The predicted octanol–water partition coefficient (Wildman–Crippen LogP) is 2.41. The smallest absolute Gasteiger partial charge is 0.0589 e. The molecule has 0 spiro atoms. The molecule has 0 unspecified atom stereocenters. The number of rotatable bonds is 11. The summed E-state index contributed by atoms with van der Waals surface area (Å²) in [6, 6.07) is 0.421. The van der Waals surface area contributed by atoms with Crippen LogP contribution in [0.2, 0.25) is 0 Å². The van der Waals surface area contributed by atoms with E-state index in [1.165, 1.54) is 32.2 Å². The van der Waals surface area contributed by atoms with Crippen LogP contribution in [0.3, 0.4) is 0 Å². The van der Waals surface area contributed by atoms with Crippen LogP contribution in [0, 0.1) is 0 Å². The molecule has 1 rings (SSSR count). The molecule has 2 N–H and O–H groups in total. The third kappa shape index (κ3) is 8.90. The molecular weight excluding hydrogens is 252 g/mol. The molecule has 1 aliphatic carbocycles. The van der Waals surface area contributed by atoms with Crippen LogP contribution in [0.25, 0.3) is 0 Å². The van der Waals surface area contributed by atoms with Crippen molar-refractivity contribution in [1.29, 1.82) is 0 Å². The molecule has 0 aromatic heterocycles. The molecule has 0 bridgehead atoms. The number of hydrogen-bond donors (Lipinski definition) is 1. The highest BCUT2D eigenvalue weighted by Gasteiger charge is 2.18. The zero-order valence-electron chi connectivity index (χ0n) is 13.5. The Bertz CT molecular complexity index is 219. The Morgan fingerprint density at radius 1 is 0.950 bits per heavy atom. The van der Waals surface area contributed by atoms with E-state index >= 15 is 0 Å². The van der Waals surface area contributed by atoms with E-state index < -0.39 is 0 Å². The standard InChI is InChI=1S/C16H34N2O2/c1-18(12-14-19-2)11-5-3-4-6-13-20-16-9-7-15(17)8-10-16/h15-16H,3-14,17H2,1-2H3/t15-,16-. The van der Waals surface area contributed by atoms with Crippen molar-refractivity contribution in [3.05, 3.63) is 0 Å². The third-order valence-corrected chi connectivity index (χ3v) is 4.18. The SMILES string of the molecule is COCCN(C)CCCCCCO[C@H]1CC[C@H](N)CC1. The highest BCUT2D eigenvalue weighted by Crippen LogP contribution is 2.20. The Balaban J connectivity index is 1.83. The first-order valence-corrected chi connectivity index (χ1v) is 8.27. The molecule has 0 radical (unpaired) electrons. The van der Waals surface area contributed by atoms with Crippen molar-refractivity contribution < 1.29 is 9.47 Å². The maximum absolute atomic E-state index is 5.93. The van der Waals surface area contributed by atoms with Gasteiger partial charge in [0.15, 0.2) is 0 Å². The van der Waals surface area contributed by atoms with E-state index in [2.05, 4.69) is 11.9 Å². The summed E-state index contributed by atoms with van der Waals surface area (Å²) in [7, 11) is 3.92. The average Bonchev–Trinajstić information content (AvgIpc) is 2.46. The summed E-state index contributed by atoms with van der Waals surface area (Å²) in [6.07, 6.45) is 10.1. The van der Waals surface area contributed by atoms with E-state index in [1.54, 1.807) is 7.11 Å². The first-order chi connectivity index (χ1) is 9.72. The lowest BCUT2D eigenvalue weighted by molar-refractivity contribution is 0.0230. The van der Waals surface area contributed by atoms with Gasteiger partial charge in [0, 0.05) is 26.3 Å². The van der Waals surface area contributed by atoms with Gasteiger partial charge in [-0.15, -0.1) is 0 Å². The molecule has 120 valence electrons. The first kappa shape index (κ1) is 17.9. The minimum Gasteiger partial charge on any atom is -0.383 e. The van der Waals surface area contributed by atoms with Crippen molar-refractivity contribution in [2.75, 3.05) is 40.5 Å². The number of unbranched alkanes of at least 4 members (excludes halogenated alkanes) is 3. The Morgan fingerprint density at radius 2 is 1.65 bits per heavy atom. The molecule has 0 atom stereocenters. The summed E-state index contributed by atoms with van der Waals surface area (Å²) in [5.74, 6) is 0. The largest absolute Gasteiger partial charge is 0.383 e. The van der Waals surface area contributed by atoms with Gasteiger partial charge in [0.2, 0.25) is 0 Å². The summed E-state index contributed by atoms with van der Waals surface area (Å²) in [5.41, 5.74) is 5.89. The number of ether oxygens (including phenoxy) is 2. The normalized spacial score (nSPS) is 23.4. The summed E-state index contributed by atoms with van der Waals surface area (Å²) >= 11 is 0. The van der Waals surface area contributed by atoms with Gasteiger partial charge >= 0.3 is 0 Å². The van der Waals surface area contributed by atoms with Crippen molar-refractivity contribution in [2.24, 2.45) is 5.73 Å². The second-order valence-electron chi connectivity index (χ2n) is 6.12. The van der Waals surface area contributed by atoms with Gasteiger partial charge in [0.25, 0.3) is 0 Å². The maximum Gasteiger partial charge on any atom is 0.0589 e. The fourth-order valence-electron chi connectivity index (χ4n) is 2.70. The van der Waals surface area contributed by atoms with E-state index in [-0.39, 0.29) is 0 Å². The van der Waals surface area contributed by atoms with Gasteiger partial charge in [-0.25, -0.2) is 0 Å². The van der Waals surface area contributed by atoms with Crippen molar-refractivity contribution in [2.45, 2.75) is 63.5 Å². The molecule has 0 amide bonds. The molecule has 4 heteroatoms. The molecule has 0 heterocycles. The zero-order chi connectivity index (χ0) is 14.6. The average molecular weight is 286 g/mol. The summed E-state index contributed by atoms with van der Waals surface area (Å²) in [4.78, 5) is 2.34. The van der Waals surface area contributed by atoms with Crippen molar-refractivity contribution in [3.63, 3.8) is 0 Å². The third-order valence-electron chi connectivity index (χ3n) is 4.18. The van der Waals surface area contributed by atoms with Crippen LogP contribution in [0.4, 0.5) is 0 Å². The van der Waals surface area contributed by atoms with Gasteiger partial charge in [0.1, 0.15) is 0 Å². The Hall–Kier alpha value is -0.160. The van der Waals surface area contributed by atoms with Gasteiger partial charge < -0.3 is 20.1 Å². The number of methoxy groups -OCH3 is 1. The quantitative estimate of drug-likeness (QED) is 0.593. The minimum atomic E-state index is 0.421. The number of likely N-dealkylation sites (N-methyl/N-ethyl adjacent to an activating group) is 1. The summed E-state index contributed by atoms with van der Waals surface area (Å²) in [5, 5.41) is 0. The van der Waals surface area contributed by atoms with Crippen LogP contribution in [0.15, 0.2) is 0 Å². The fourth-order valence-corrected chi connectivity index (χ4v) is 2.70. The molecule has 1 saturated carbocycles. The topological polar surface area (TPSA) is 47.7 Å². The second-order valence-corrected chi connectivity index (χ2v) is 6.12. The highest BCUT2D eigenvalue weighted by molar-refractivity contribution is 4.74. The molecule has 20 heavy (non-hydrogen) atoms. The van der Waals surface area contributed by atoms with Gasteiger partial charge in [0.05, 0.1) is 12.7 Å². The lowest BCUT2D eigenvalue weighted by atomic mass is 9.94. The van der Waals surface area contributed by atoms with E-state index in [0.29, 0.717) is 12.1 Å². The number of nitrogens with zero attached hydrogens (tertiary/aromatic N) is 1. The zero-order valence-corrected chi connectivity index (χ0v) is 13.5. The van der Waals surface area contributed by atoms with Crippen LogP contribution >= 0.6 is 0 Å². The fraction of sp³-hybridized carbons (Fsp3) is 1.00. The van der Waals surface area contributed by atoms with Crippen LogP contribution < -0.4 is 5.73 Å². The predicted molar refractivity (Wildman–Crippen MR) is 84.0 cm³/mol. The lowest BCUT2D eigenvalue weighted by Crippen LogP contribution is -2.30. The van der Waals surface area contributed by atoms with Crippen LogP contribution in [0.1, 0.15) is 51.4 Å². The van der Waals surface area contributed by atoms with Crippen LogP contribution in [-0.4, -0.2) is 57.5 Å². The molecule has 1 fully saturated rings. The van der Waals surface area contributed by atoms with E-state index in [4.69, 9.17) is 15.2 Å². The van der Waals surface area contributed by atoms with Crippen molar-refractivity contribution in [1.82, 2.24) is 4.90 Å². The molecule has 0 saturated heterocycles. The Morgan fingerprint density at radius 3 is 2.35 bits per heavy atom. The molecule has 4 nitrogen and oxygen atoms in total. The van der Waals surface area contributed by atoms with Crippen molar-refractivity contribution >= 4 is 0 Å². The highest BCUT2D eigenvalue weighted by atomic mass is 16.5. The van der Waals surface area contributed by atoms with Gasteiger partial charge in [-0.1, -0.05) is 12.8 Å². The Labute approximate surface area is 125 Å². The van der Waals surface area contributed by atoms with Crippen LogP contribution in [-0.2, 0) is 9.47 Å². The van der Waals surface area contributed by atoms with Gasteiger partial charge in [-0.2, -0.15) is 0 Å². The van der Waals surface area contributed by atoms with E-state index in [1.807, 2.05) is 0 Å². The Kier molecular flexibility index (Phi) is 10.3. The molecule has 0 aromatic rings. The van der Waals surface area contributed by atoms with Gasteiger partial charge in [-0.3, -0.25) is 0 Å². The monoisotopic (exact) mass is 286 g/mol. The minimum absolute atomic E-state index is 0.421. The number of nitrogens with two attached hydrogens (primary N) is 1. The van der Waals surface area contributed by atoms with Crippen LogP contribution in [0.5, 0.6) is 0 Å². The number of hydrogen-bond acceptors (Lipinski definition) is 4. The first-order valence-electron chi connectivity index (χ1n) is 8.27. The second kappa shape index (κ2) is 11.5. The van der Waals surface area contributed by atoms with E-state index in [9.17, 15) is 0 Å². The van der Waals surface area contributed by atoms with E-state index in [0.717, 1.165) is 45.4 Å². The van der Waals surface area contributed by atoms with Crippen molar-refractivity contribution in [3.8, 4) is 0 Å². The van der Waals surface area contributed by atoms with Gasteiger partial charge in [-0.05, 0) is 52.1 Å². The molecule has 0 aromatic carbocycles. The lowest BCUT2D eigenvalue weighted by Gasteiger charge is -2.26. The molecule has 0 aliphatic heterocycles. The molecule has 1 aliphatic rings. The maximum atomic E-state index is 5.93.